The molecule has 1 N–H and O–H groups in total. The van der Waals surface area contributed by atoms with Gasteiger partial charge in [-0.05, 0) is 49.7 Å². The van der Waals surface area contributed by atoms with Crippen LogP contribution in [0.3, 0.4) is 0 Å². The summed E-state index contributed by atoms with van der Waals surface area (Å²) in [5.41, 5.74) is 0.792. The lowest BCUT2D eigenvalue weighted by Gasteiger charge is -2.21. The first-order chi connectivity index (χ1) is 11.4. The van der Waals surface area contributed by atoms with Crippen molar-refractivity contribution in [3.05, 3.63) is 42.4 Å². The number of hydrogen-bond acceptors (Lipinski definition) is 5. The Morgan fingerprint density at radius 3 is 2.83 bits per heavy atom. The molecule has 0 unspecified atom stereocenters. The predicted octanol–water partition coefficient (Wildman–Crippen LogP) is 3.64. The number of aryl methyl sites for hydroxylation is 1. The van der Waals surface area contributed by atoms with E-state index in [1.165, 1.54) is 12.8 Å². The lowest BCUT2D eigenvalue weighted by Crippen LogP contribution is -2.27. The maximum Gasteiger partial charge on any atom is 0.227 e. The fraction of sp³-hybridized carbons (Fsp3) is 0.389. The Morgan fingerprint density at radius 2 is 1.96 bits per heavy atom. The number of nitrogens with zero attached hydrogens (tertiary/aromatic N) is 3. The summed E-state index contributed by atoms with van der Waals surface area (Å²) >= 11 is 0. The summed E-state index contributed by atoms with van der Waals surface area (Å²) in [7, 11) is 0. The number of pyridine rings is 1. The summed E-state index contributed by atoms with van der Waals surface area (Å²) in [4.78, 5) is 9.01. The number of aromatic nitrogens is 3. The van der Waals surface area contributed by atoms with Gasteiger partial charge in [-0.3, -0.25) is 4.98 Å². The molecule has 1 fully saturated rings. The molecule has 1 aliphatic heterocycles. The quantitative estimate of drug-likeness (QED) is 0.782. The third-order valence-corrected chi connectivity index (χ3v) is 4.58. The highest BCUT2D eigenvalue weighted by Gasteiger charge is 2.16. The number of nitrogens with one attached hydrogen (secondary N) is 1. The number of piperidine rings is 1. The van der Waals surface area contributed by atoms with Crippen LogP contribution in [0, 0.1) is 5.92 Å². The summed E-state index contributed by atoms with van der Waals surface area (Å²) in [6, 6.07) is 10.1. The molecule has 0 aliphatic carbocycles. The molecule has 0 saturated carbocycles. The molecular formula is C18H21ClN4O. The van der Waals surface area contributed by atoms with Crippen LogP contribution in [0.1, 0.15) is 25.2 Å². The molecule has 6 heteroatoms. The van der Waals surface area contributed by atoms with Gasteiger partial charge >= 0.3 is 0 Å². The van der Waals surface area contributed by atoms with E-state index < -0.39 is 0 Å². The van der Waals surface area contributed by atoms with Crippen LogP contribution in [-0.4, -0.2) is 28.2 Å². The first-order valence-electron chi connectivity index (χ1n) is 8.27. The molecule has 0 bridgehead atoms. The number of hydrogen-bond donors (Lipinski definition) is 1. The van der Waals surface area contributed by atoms with Crippen molar-refractivity contribution in [1.82, 2.24) is 20.4 Å². The Hall–Kier alpha value is -1.98. The van der Waals surface area contributed by atoms with Gasteiger partial charge in [0.1, 0.15) is 5.69 Å². The molecule has 2 aromatic heterocycles. The Bertz CT molecular complexity index is 793. The van der Waals surface area contributed by atoms with Crippen LogP contribution in [0.15, 0.2) is 41.1 Å². The Morgan fingerprint density at radius 1 is 1.12 bits per heavy atom. The van der Waals surface area contributed by atoms with Gasteiger partial charge in [-0.1, -0.05) is 29.4 Å². The van der Waals surface area contributed by atoms with Crippen molar-refractivity contribution < 1.29 is 4.52 Å². The molecule has 24 heavy (non-hydrogen) atoms. The van der Waals surface area contributed by atoms with Crippen molar-refractivity contribution in [3.63, 3.8) is 0 Å². The smallest absolute Gasteiger partial charge is 0.227 e. The molecule has 5 nitrogen and oxygen atoms in total. The maximum absolute atomic E-state index is 5.44. The maximum atomic E-state index is 5.44. The van der Waals surface area contributed by atoms with Gasteiger partial charge in [0.05, 0.1) is 0 Å². The predicted molar refractivity (Wildman–Crippen MR) is 96.2 cm³/mol. The first kappa shape index (κ1) is 16.9. The zero-order valence-electron chi connectivity index (χ0n) is 13.4. The molecule has 0 spiro atoms. The second-order valence-electron chi connectivity index (χ2n) is 6.12. The largest absolute Gasteiger partial charge is 0.339 e. The van der Waals surface area contributed by atoms with Gasteiger partial charge in [-0.15, -0.1) is 12.4 Å². The van der Waals surface area contributed by atoms with Gasteiger partial charge in [0, 0.05) is 18.0 Å². The minimum absolute atomic E-state index is 0. The second-order valence-corrected chi connectivity index (χ2v) is 6.12. The summed E-state index contributed by atoms with van der Waals surface area (Å²) in [6.07, 6.45) is 6.25. The topological polar surface area (TPSA) is 63.8 Å². The van der Waals surface area contributed by atoms with Crippen LogP contribution in [0.2, 0.25) is 0 Å². The van der Waals surface area contributed by atoms with Crippen molar-refractivity contribution in [2.24, 2.45) is 5.92 Å². The Kier molecular flexibility index (Phi) is 5.43. The van der Waals surface area contributed by atoms with Gasteiger partial charge < -0.3 is 9.84 Å². The van der Waals surface area contributed by atoms with Crippen LogP contribution in [0.5, 0.6) is 0 Å². The molecule has 1 aromatic carbocycles. The minimum Gasteiger partial charge on any atom is -0.339 e. The third-order valence-electron chi connectivity index (χ3n) is 4.58. The number of rotatable bonds is 4. The van der Waals surface area contributed by atoms with E-state index in [4.69, 9.17) is 4.52 Å². The van der Waals surface area contributed by atoms with Crippen molar-refractivity contribution in [2.45, 2.75) is 25.7 Å². The highest BCUT2D eigenvalue weighted by Crippen LogP contribution is 2.25. The highest BCUT2D eigenvalue weighted by molar-refractivity contribution is 5.92. The summed E-state index contributed by atoms with van der Waals surface area (Å²) < 4.78 is 5.44. The zero-order valence-corrected chi connectivity index (χ0v) is 14.3. The summed E-state index contributed by atoms with van der Waals surface area (Å²) in [6.45, 7) is 2.25. The molecule has 0 amide bonds. The Balaban J connectivity index is 0.00000169. The molecule has 0 atom stereocenters. The van der Waals surface area contributed by atoms with Crippen LogP contribution < -0.4 is 5.32 Å². The van der Waals surface area contributed by atoms with Crippen LogP contribution in [-0.2, 0) is 6.42 Å². The van der Waals surface area contributed by atoms with Crippen molar-refractivity contribution >= 4 is 23.2 Å². The molecule has 0 radical (unpaired) electrons. The molecule has 3 aromatic rings. The minimum atomic E-state index is 0. The summed E-state index contributed by atoms with van der Waals surface area (Å²) in [5, 5.41) is 9.73. The lowest BCUT2D eigenvalue weighted by atomic mass is 9.93. The van der Waals surface area contributed by atoms with Gasteiger partial charge in [0.25, 0.3) is 0 Å². The van der Waals surface area contributed by atoms with Gasteiger partial charge in [0.2, 0.25) is 11.7 Å². The number of halogens is 1. The third kappa shape index (κ3) is 3.57. The molecule has 3 heterocycles. The van der Waals surface area contributed by atoms with E-state index in [0.29, 0.717) is 11.7 Å². The average molecular weight is 345 g/mol. The second kappa shape index (κ2) is 7.73. The number of benzene rings is 1. The molecule has 4 rings (SSSR count). The zero-order chi connectivity index (χ0) is 15.5. The fourth-order valence-electron chi connectivity index (χ4n) is 3.25. The van der Waals surface area contributed by atoms with Crippen molar-refractivity contribution in [1.29, 1.82) is 0 Å². The highest BCUT2D eigenvalue weighted by atomic mass is 35.5. The van der Waals surface area contributed by atoms with Crippen LogP contribution in [0.4, 0.5) is 0 Å². The van der Waals surface area contributed by atoms with E-state index in [9.17, 15) is 0 Å². The molecule has 126 valence electrons. The number of fused-ring (bicyclic) bond motifs is 1. The lowest BCUT2D eigenvalue weighted by molar-refractivity contribution is 0.324. The van der Waals surface area contributed by atoms with Gasteiger partial charge in [-0.2, -0.15) is 4.98 Å². The molecular weight excluding hydrogens is 324 g/mol. The van der Waals surface area contributed by atoms with E-state index in [1.807, 2.05) is 24.3 Å². The van der Waals surface area contributed by atoms with Crippen LogP contribution >= 0.6 is 12.4 Å². The van der Waals surface area contributed by atoms with E-state index in [1.54, 1.807) is 6.20 Å². The standard InChI is InChI=1S/C18H20N4O.ClH/c1-2-4-15-14(3-1)9-12-20-17(15)18-21-16(23-22-18)6-5-13-7-10-19-11-8-13;/h1-4,9,12-13,19H,5-8,10-11H2;1H. The monoisotopic (exact) mass is 344 g/mol. The van der Waals surface area contributed by atoms with Crippen molar-refractivity contribution in [2.75, 3.05) is 13.1 Å². The van der Waals surface area contributed by atoms with E-state index in [2.05, 4.69) is 26.5 Å². The molecule has 1 aliphatic rings. The van der Waals surface area contributed by atoms with Gasteiger partial charge in [0.15, 0.2) is 0 Å². The van der Waals surface area contributed by atoms with Crippen LogP contribution in [0.25, 0.3) is 22.3 Å². The average Bonchev–Trinajstić information content (AvgIpc) is 3.09. The van der Waals surface area contributed by atoms with Crippen molar-refractivity contribution in [3.8, 4) is 11.5 Å². The fourth-order valence-corrected chi connectivity index (χ4v) is 3.25. The first-order valence-corrected chi connectivity index (χ1v) is 8.27. The SMILES string of the molecule is Cl.c1ccc2c(-c3noc(CCC4CCNCC4)n3)nccc2c1. The van der Waals surface area contributed by atoms with E-state index in [-0.39, 0.29) is 12.4 Å². The van der Waals surface area contributed by atoms with Gasteiger partial charge in [-0.25, -0.2) is 0 Å². The Labute approximate surface area is 147 Å². The normalized spacial score (nSPS) is 15.3. The van der Waals surface area contributed by atoms with E-state index in [0.717, 1.165) is 48.3 Å². The molecule has 1 saturated heterocycles. The summed E-state index contributed by atoms with van der Waals surface area (Å²) in [5.74, 6) is 2.07. The van der Waals surface area contributed by atoms with E-state index >= 15 is 0 Å².